The second-order valence-corrected chi connectivity index (χ2v) is 11.5. The number of nitrogens with zero attached hydrogens (tertiary/aromatic N) is 2. The number of rotatable bonds is 7. The van der Waals surface area contributed by atoms with E-state index in [0.717, 1.165) is 33.6 Å². The predicted molar refractivity (Wildman–Crippen MR) is 139 cm³/mol. The van der Waals surface area contributed by atoms with E-state index in [2.05, 4.69) is 65.8 Å². The van der Waals surface area contributed by atoms with Crippen LogP contribution >= 0.6 is 7.60 Å². The molecule has 2 aromatic carbocycles. The average Bonchev–Trinajstić information content (AvgIpc) is 3.03. The van der Waals surface area contributed by atoms with Gasteiger partial charge in [-0.15, -0.1) is 0 Å². The number of anilines is 2. The lowest BCUT2D eigenvalue weighted by molar-refractivity contribution is 0.143. The van der Waals surface area contributed by atoms with Gasteiger partial charge in [-0.3, -0.25) is 4.57 Å². The van der Waals surface area contributed by atoms with Crippen molar-refractivity contribution >= 4 is 19.0 Å². The summed E-state index contributed by atoms with van der Waals surface area (Å²) in [6.45, 7) is 20.1. The van der Waals surface area contributed by atoms with E-state index in [1.54, 1.807) is 0 Å². The zero-order valence-electron chi connectivity index (χ0n) is 21.7. The summed E-state index contributed by atoms with van der Waals surface area (Å²) < 4.78 is 26.8. The molecule has 0 saturated heterocycles. The maximum Gasteiger partial charge on any atom is 0.383 e. The Morgan fingerprint density at radius 3 is 1.21 bits per heavy atom. The van der Waals surface area contributed by atoms with Gasteiger partial charge < -0.3 is 18.8 Å². The van der Waals surface area contributed by atoms with E-state index in [0.29, 0.717) is 5.91 Å². The van der Waals surface area contributed by atoms with Gasteiger partial charge in [0.2, 0.25) is 0 Å². The molecule has 0 unspecified atom stereocenters. The molecule has 0 N–H and O–H groups in total. The van der Waals surface area contributed by atoms with Gasteiger partial charge in [0.05, 0.1) is 12.2 Å². The van der Waals surface area contributed by atoms with Crippen LogP contribution in [0, 0.1) is 47.4 Å². The van der Waals surface area contributed by atoms with E-state index in [9.17, 15) is 4.57 Å². The first-order valence-corrected chi connectivity index (χ1v) is 13.1. The monoisotopic (exact) mass is 469 g/mol. The molecule has 33 heavy (non-hydrogen) atoms. The second-order valence-electron chi connectivity index (χ2n) is 9.64. The molecule has 0 aliphatic carbocycles. The highest BCUT2D eigenvalue weighted by molar-refractivity contribution is 7.57. The largest absolute Gasteiger partial charge is 0.383 e. The average molecular weight is 470 g/mol. The van der Waals surface area contributed by atoms with Gasteiger partial charge >= 0.3 is 7.60 Å². The summed E-state index contributed by atoms with van der Waals surface area (Å²) in [5, 5.41) is 0. The Morgan fingerprint density at radius 2 is 0.939 bits per heavy atom. The van der Waals surface area contributed by atoms with Gasteiger partial charge in [-0.05, 0) is 91.5 Å². The fourth-order valence-corrected chi connectivity index (χ4v) is 6.98. The Labute approximate surface area is 199 Å². The lowest BCUT2D eigenvalue weighted by Crippen LogP contribution is -2.34. The minimum Gasteiger partial charge on any atom is -0.308 e. The molecule has 5 nitrogen and oxygen atoms in total. The quantitative estimate of drug-likeness (QED) is 0.387. The van der Waals surface area contributed by atoms with E-state index < -0.39 is 7.60 Å². The van der Waals surface area contributed by atoms with Gasteiger partial charge in [-0.25, -0.2) is 0 Å². The lowest BCUT2D eigenvalue weighted by Gasteiger charge is -2.38. The van der Waals surface area contributed by atoms with Crippen molar-refractivity contribution in [3.63, 3.8) is 0 Å². The van der Waals surface area contributed by atoms with Crippen molar-refractivity contribution in [3.8, 4) is 0 Å². The molecule has 1 radical (unpaired) electrons. The van der Waals surface area contributed by atoms with Gasteiger partial charge in [0, 0.05) is 23.8 Å². The van der Waals surface area contributed by atoms with Crippen molar-refractivity contribution in [2.45, 2.75) is 81.4 Å². The van der Waals surface area contributed by atoms with Crippen molar-refractivity contribution < 1.29 is 13.6 Å². The number of aryl methyl sites for hydroxylation is 6. The van der Waals surface area contributed by atoms with Crippen LogP contribution in [-0.4, -0.2) is 12.2 Å². The van der Waals surface area contributed by atoms with Gasteiger partial charge in [-0.1, -0.05) is 35.4 Å². The fourth-order valence-electron chi connectivity index (χ4n) is 4.77. The molecule has 0 saturated carbocycles. The molecule has 179 valence electrons. The maximum atomic E-state index is 14.6. The Kier molecular flexibility index (Phi) is 7.48. The van der Waals surface area contributed by atoms with Gasteiger partial charge in [-0.2, -0.15) is 0 Å². The minimum absolute atomic E-state index is 0.271. The van der Waals surface area contributed by atoms with E-state index in [1.165, 1.54) is 11.1 Å². The fraction of sp³-hybridized carbons (Fsp3) is 0.444. The second kappa shape index (κ2) is 9.66. The van der Waals surface area contributed by atoms with Gasteiger partial charge in [0.1, 0.15) is 0 Å². The maximum absolute atomic E-state index is 14.6. The zero-order chi connectivity index (χ0) is 24.7. The molecule has 0 amide bonds. The van der Waals surface area contributed by atoms with Crippen molar-refractivity contribution in [2.75, 3.05) is 9.80 Å². The molecular weight excluding hydrogens is 431 g/mol. The third kappa shape index (κ3) is 5.21. The lowest BCUT2D eigenvalue weighted by atomic mass is 10.0. The normalized spacial score (nSPS) is 14.9. The molecule has 0 atom stereocenters. The number of hydrogen-bond donors (Lipinski definition) is 0. The third-order valence-electron chi connectivity index (χ3n) is 5.49. The minimum atomic E-state index is -3.72. The van der Waals surface area contributed by atoms with E-state index >= 15 is 0 Å². The highest BCUT2D eigenvalue weighted by Crippen LogP contribution is 2.65. The Balaban J connectivity index is 2.26. The third-order valence-corrected chi connectivity index (χ3v) is 7.81. The zero-order valence-corrected chi connectivity index (χ0v) is 22.6. The van der Waals surface area contributed by atoms with Crippen LogP contribution in [0.3, 0.4) is 0 Å². The molecular formula is C27H38N2O3P. The summed E-state index contributed by atoms with van der Waals surface area (Å²) in [4.78, 5) is 3.99. The van der Waals surface area contributed by atoms with E-state index in [4.69, 9.17) is 9.05 Å². The Hall–Kier alpha value is -2.07. The van der Waals surface area contributed by atoms with Crippen LogP contribution in [0.1, 0.15) is 61.1 Å². The SMILES string of the molecule is Cc1cc(C)c(N2C=CN(c3c(C)cc(C)cc3C)[C]2P(=O)(OC(C)C)OC(C)C)c(C)c1. The summed E-state index contributed by atoms with van der Waals surface area (Å²) in [5.74, 6) is 0.509. The highest BCUT2D eigenvalue weighted by Gasteiger charge is 2.50. The molecule has 6 heteroatoms. The number of hydrogen-bond acceptors (Lipinski definition) is 5. The van der Waals surface area contributed by atoms with Crippen LogP contribution in [0.15, 0.2) is 36.7 Å². The smallest absolute Gasteiger partial charge is 0.308 e. The molecule has 1 heterocycles. The van der Waals surface area contributed by atoms with Crippen molar-refractivity contribution in [1.29, 1.82) is 0 Å². The van der Waals surface area contributed by atoms with Crippen molar-refractivity contribution in [1.82, 2.24) is 0 Å². The van der Waals surface area contributed by atoms with Crippen LogP contribution in [0.5, 0.6) is 0 Å². The predicted octanol–water partition coefficient (Wildman–Crippen LogP) is 7.83. The highest BCUT2D eigenvalue weighted by atomic mass is 31.2. The molecule has 0 aromatic heterocycles. The Bertz CT molecular complexity index is 979. The molecule has 3 rings (SSSR count). The first-order chi connectivity index (χ1) is 15.3. The van der Waals surface area contributed by atoms with Crippen LogP contribution in [0.4, 0.5) is 11.4 Å². The first kappa shape index (κ1) is 25.6. The van der Waals surface area contributed by atoms with Crippen molar-refractivity contribution in [3.05, 3.63) is 76.0 Å². The van der Waals surface area contributed by atoms with E-state index in [-0.39, 0.29) is 12.2 Å². The summed E-state index contributed by atoms with van der Waals surface area (Å²) in [6.07, 6.45) is 3.40. The molecule has 0 spiro atoms. The van der Waals surface area contributed by atoms with E-state index in [1.807, 2.05) is 49.9 Å². The summed E-state index contributed by atoms with van der Waals surface area (Å²) in [6, 6.07) is 8.60. The molecule has 1 aliphatic heterocycles. The van der Waals surface area contributed by atoms with Crippen LogP contribution < -0.4 is 9.80 Å². The standard InChI is InChI=1S/C27H38N2O3P/c1-17(2)31-33(30,32-18(3)4)27-28(25-21(7)13-19(5)14-22(25)8)11-12-29(27)26-23(9)15-20(6)16-24(26)10/h11-18H,1-10H3. The van der Waals surface area contributed by atoms with Crippen LogP contribution in [0.25, 0.3) is 0 Å². The summed E-state index contributed by atoms with van der Waals surface area (Å²) >= 11 is 0. The van der Waals surface area contributed by atoms with Gasteiger partial charge in [0.15, 0.2) is 0 Å². The summed E-state index contributed by atoms with van der Waals surface area (Å²) in [5.41, 5.74) is 8.81. The molecule has 1 aliphatic rings. The number of benzene rings is 2. The van der Waals surface area contributed by atoms with Crippen LogP contribution in [0.2, 0.25) is 0 Å². The van der Waals surface area contributed by atoms with Crippen molar-refractivity contribution in [2.24, 2.45) is 0 Å². The first-order valence-electron chi connectivity index (χ1n) is 11.6. The van der Waals surface area contributed by atoms with Crippen LogP contribution in [-0.2, 0) is 13.6 Å². The Morgan fingerprint density at radius 1 is 0.636 bits per heavy atom. The molecule has 2 aromatic rings. The molecule has 0 bridgehead atoms. The topological polar surface area (TPSA) is 42.0 Å². The van der Waals surface area contributed by atoms with Gasteiger partial charge in [0.25, 0.3) is 5.91 Å². The summed E-state index contributed by atoms with van der Waals surface area (Å²) in [7, 11) is -3.72. The molecule has 0 fully saturated rings.